The van der Waals surface area contributed by atoms with Crippen LogP contribution < -0.4 is 5.73 Å². The van der Waals surface area contributed by atoms with Crippen molar-refractivity contribution in [3.63, 3.8) is 0 Å². The highest BCUT2D eigenvalue weighted by molar-refractivity contribution is 6.15. The monoisotopic (exact) mass is 517 g/mol. The van der Waals surface area contributed by atoms with Crippen LogP contribution in [0.1, 0.15) is 11.1 Å². The lowest BCUT2D eigenvalue weighted by atomic mass is 9.91. The maximum Gasteiger partial charge on any atom is 0.170 e. The Labute approximate surface area is 219 Å². The number of fused-ring (bicyclic) bond motifs is 4. The summed E-state index contributed by atoms with van der Waals surface area (Å²) in [6.07, 6.45) is 0. The fourth-order valence-electron chi connectivity index (χ4n) is 5.10. The van der Waals surface area contributed by atoms with Gasteiger partial charge >= 0.3 is 0 Å². The van der Waals surface area contributed by atoms with Gasteiger partial charge in [-0.1, -0.05) is 54.6 Å². The summed E-state index contributed by atoms with van der Waals surface area (Å²) >= 11 is 0. The molecule has 2 N–H and O–H groups in total. The van der Waals surface area contributed by atoms with Crippen molar-refractivity contribution in [3.8, 4) is 34.4 Å². The topological polar surface area (TPSA) is 73.6 Å². The molecule has 0 aliphatic rings. The standard InChI is InChI=1S/C32H15F4N3/c33-28-26(19-11-20(14-37)32(39)21(12-19)15-38)29(34)31(36)27(30(28)35)24-7-3-6-22-23(24)9-8-18-10-16-4-1-2-5-17(16)13-25(18)22/h1-13H,39H2. The molecule has 0 aliphatic heterocycles. The number of hydrogen-bond donors (Lipinski definition) is 1. The molecule has 0 aromatic heterocycles. The molecule has 0 aliphatic carbocycles. The quantitative estimate of drug-likeness (QED) is 0.0825. The molecule has 0 unspecified atom stereocenters. The molecule has 0 heterocycles. The minimum atomic E-state index is -1.65. The summed E-state index contributed by atoms with van der Waals surface area (Å²) in [5.74, 6) is -6.48. The van der Waals surface area contributed by atoms with Crippen LogP contribution in [0, 0.1) is 45.9 Å². The normalized spacial score (nSPS) is 11.1. The third-order valence-corrected chi connectivity index (χ3v) is 6.99. The van der Waals surface area contributed by atoms with Gasteiger partial charge in [-0.3, -0.25) is 0 Å². The Morgan fingerprint density at radius 3 is 1.74 bits per heavy atom. The lowest BCUT2D eigenvalue weighted by Crippen LogP contribution is -2.05. The molecule has 39 heavy (non-hydrogen) atoms. The van der Waals surface area contributed by atoms with Gasteiger partial charge in [-0.15, -0.1) is 0 Å². The second kappa shape index (κ2) is 8.86. The van der Waals surface area contributed by atoms with Crippen molar-refractivity contribution < 1.29 is 17.6 Å². The number of hydrogen-bond acceptors (Lipinski definition) is 3. The molecule has 0 bridgehead atoms. The highest BCUT2D eigenvalue weighted by Crippen LogP contribution is 2.41. The molecule has 6 aromatic carbocycles. The van der Waals surface area contributed by atoms with Crippen LogP contribution in [0.3, 0.4) is 0 Å². The summed E-state index contributed by atoms with van der Waals surface area (Å²) in [6.45, 7) is 0. The Morgan fingerprint density at radius 1 is 0.538 bits per heavy atom. The van der Waals surface area contributed by atoms with Gasteiger partial charge in [0.15, 0.2) is 23.3 Å². The van der Waals surface area contributed by atoms with E-state index in [1.807, 2.05) is 36.4 Å². The van der Waals surface area contributed by atoms with Gasteiger partial charge in [0.25, 0.3) is 0 Å². The molecule has 0 fully saturated rings. The van der Waals surface area contributed by atoms with Crippen LogP contribution in [-0.4, -0.2) is 0 Å². The minimum Gasteiger partial charge on any atom is -0.397 e. The molecule has 0 spiro atoms. The van der Waals surface area contributed by atoms with Gasteiger partial charge < -0.3 is 5.73 Å². The van der Waals surface area contributed by atoms with Gasteiger partial charge in [-0.25, -0.2) is 17.6 Å². The average molecular weight is 517 g/mol. The summed E-state index contributed by atoms with van der Waals surface area (Å²) in [4.78, 5) is 0. The van der Waals surface area contributed by atoms with Crippen molar-refractivity contribution in [3.05, 3.63) is 113 Å². The van der Waals surface area contributed by atoms with Crippen molar-refractivity contribution in [1.29, 1.82) is 10.5 Å². The molecule has 6 aromatic rings. The second-order valence-electron chi connectivity index (χ2n) is 9.10. The van der Waals surface area contributed by atoms with E-state index in [9.17, 15) is 10.5 Å². The van der Waals surface area contributed by atoms with Gasteiger partial charge in [-0.05, 0) is 67.7 Å². The van der Waals surface area contributed by atoms with E-state index in [-0.39, 0.29) is 27.9 Å². The van der Waals surface area contributed by atoms with Gasteiger partial charge in [0.05, 0.1) is 27.9 Å². The summed E-state index contributed by atoms with van der Waals surface area (Å²) in [5.41, 5.74) is 2.75. The Morgan fingerprint density at radius 2 is 1.13 bits per heavy atom. The van der Waals surface area contributed by atoms with Gasteiger partial charge in [0, 0.05) is 0 Å². The molecule has 0 atom stereocenters. The van der Waals surface area contributed by atoms with Crippen LogP contribution in [0.5, 0.6) is 0 Å². The number of nitrogen functional groups attached to an aromatic ring is 1. The minimum absolute atomic E-state index is 0.0188. The molecule has 0 amide bonds. The van der Waals surface area contributed by atoms with E-state index < -0.39 is 34.4 Å². The van der Waals surface area contributed by atoms with E-state index in [0.717, 1.165) is 33.7 Å². The summed E-state index contributed by atoms with van der Waals surface area (Å²) in [7, 11) is 0. The Hall–Kier alpha value is -5.40. The smallest absolute Gasteiger partial charge is 0.170 e. The highest BCUT2D eigenvalue weighted by Gasteiger charge is 2.29. The molecule has 0 radical (unpaired) electrons. The predicted octanol–water partition coefficient (Wildman–Crippen LogP) is 8.36. The number of benzene rings is 6. The average Bonchev–Trinajstić information content (AvgIpc) is 2.96. The summed E-state index contributed by atoms with van der Waals surface area (Å²) in [5, 5.41) is 23.4. The van der Waals surface area contributed by atoms with Crippen LogP contribution in [0.25, 0.3) is 54.6 Å². The Bertz CT molecular complexity index is 2040. The molecular weight excluding hydrogens is 502 g/mol. The number of nitrogens with two attached hydrogens (primary N) is 1. The van der Waals surface area contributed by atoms with Crippen LogP contribution in [0.15, 0.2) is 78.9 Å². The van der Waals surface area contributed by atoms with Crippen molar-refractivity contribution in [2.45, 2.75) is 0 Å². The fraction of sp³-hybridized carbons (Fsp3) is 0. The zero-order valence-corrected chi connectivity index (χ0v) is 20.0. The largest absolute Gasteiger partial charge is 0.397 e. The molecule has 3 nitrogen and oxygen atoms in total. The second-order valence-corrected chi connectivity index (χ2v) is 9.10. The lowest BCUT2D eigenvalue weighted by Gasteiger charge is -2.16. The SMILES string of the molecule is N#Cc1cc(-c2c(F)c(F)c(-c3cccc4c3ccc3cc5ccccc5cc34)c(F)c2F)cc(C#N)c1N. The molecule has 0 saturated heterocycles. The third-order valence-electron chi connectivity index (χ3n) is 6.99. The van der Waals surface area contributed by atoms with Crippen molar-refractivity contribution in [1.82, 2.24) is 0 Å². The van der Waals surface area contributed by atoms with E-state index in [1.165, 1.54) is 6.07 Å². The first-order valence-electron chi connectivity index (χ1n) is 11.8. The number of anilines is 1. The van der Waals surface area contributed by atoms with Crippen LogP contribution in [0.2, 0.25) is 0 Å². The zero-order chi connectivity index (χ0) is 27.4. The number of rotatable bonds is 2. The van der Waals surface area contributed by atoms with Crippen LogP contribution in [0.4, 0.5) is 23.2 Å². The lowest BCUT2D eigenvalue weighted by molar-refractivity contribution is 0.463. The molecule has 186 valence electrons. The van der Waals surface area contributed by atoms with E-state index in [2.05, 4.69) is 0 Å². The van der Waals surface area contributed by atoms with Crippen LogP contribution >= 0.6 is 0 Å². The van der Waals surface area contributed by atoms with Gasteiger partial charge in [-0.2, -0.15) is 10.5 Å². The first-order valence-corrected chi connectivity index (χ1v) is 11.8. The van der Waals surface area contributed by atoms with Gasteiger partial charge in [0.2, 0.25) is 0 Å². The van der Waals surface area contributed by atoms with Crippen molar-refractivity contribution >= 4 is 38.0 Å². The molecule has 0 saturated carbocycles. The first kappa shape index (κ1) is 24.0. The van der Waals surface area contributed by atoms with Gasteiger partial charge in [0.1, 0.15) is 12.1 Å². The molecule has 7 heteroatoms. The first-order chi connectivity index (χ1) is 18.8. The van der Waals surface area contributed by atoms with E-state index in [1.54, 1.807) is 36.4 Å². The maximum absolute atomic E-state index is 15.6. The van der Waals surface area contributed by atoms with Crippen molar-refractivity contribution in [2.75, 3.05) is 5.73 Å². The van der Waals surface area contributed by atoms with E-state index in [4.69, 9.17) is 5.73 Å². The zero-order valence-electron chi connectivity index (χ0n) is 20.0. The van der Waals surface area contributed by atoms with E-state index >= 15 is 17.6 Å². The number of nitriles is 2. The number of halogens is 4. The molecule has 6 rings (SSSR count). The summed E-state index contributed by atoms with van der Waals surface area (Å²) in [6, 6.07) is 25.4. The predicted molar refractivity (Wildman–Crippen MR) is 144 cm³/mol. The highest BCUT2D eigenvalue weighted by atomic mass is 19.2. The maximum atomic E-state index is 15.6. The van der Waals surface area contributed by atoms with Crippen LogP contribution in [-0.2, 0) is 0 Å². The Kier molecular flexibility index (Phi) is 5.45. The summed E-state index contributed by atoms with van der Waals surface area (Å²) < 4.78 is 62.3. The fourth-order valence-corrected chi connectivity index (χ4v) is 5.10. The number of nitrogens with zero attached hydrogens (tertiary/aromatic N) is 2. The van der Waals surface area contributed by atoms with E-state index in [0.29, 0.717) is 10.8 Å². The third kappa shape index (κ3) is 3.56. The Balaban J connectivity index is 1.63. The van der Waals surface area contributed by atoms with Crippen molar-refractivity contribution in [2.24, 2.45) is 0 Å². The molecular formula is C32H15F4N3.